The quantitative estimate of drug-likeness (QED) is 0.391. The number of amides is 1. The average molecular weight is 478 g/mol. The molecule has 3 aromatic rings. The summed E-state index contributed by atoms with van der Waals surface area (Å²) in [6.45, 7) is 1.86. The van der Waals surface area contributed by atoms with Crippen LogP contribution >= 0.6 is 0 Å². The number of nitrogens with zero attached hydrogens (tertiary/aromatic N) is 3. The van der Waals surface area contributed by atoms with Gasteiger partial charge in [0.25, 0.3) is 21.6 Å². The first kappa shape index (κ1) is 23.2. The third kappa shape index (κ3) is 4.69. The van der Waals surface area contributed by atoms with E-state index in [0.29, 0.717) is 17.7 Å². The zero-order valence-electron chi connectivity index (χ0n) is 18.4. The van der Waals surface area contributed by atoms with E-state index in [0.717, 1.165) is 5.56 Å². The fourth-order valence-corrected chi connectivity index (χ4v) is 5.49. The Labute approximate surface area is 197 Å². The van der Waals surface area contributed by atoms with E-state index in [4.69, 9.17) is 0 Å². The van der Waals surface area contributed by atoms with E-state index in [1.165, 1.54) is 34.8 Å². The molecule has 1 heterocycles. The number of nitro groups is 1. The van der Waals surface area contributed by atoms with Gasteiger partial charge >= 0.3 is 0 Å². The van der Waals surface area contributed by atoms with Crippen molar-refractivity contribution in [1.29, 1.82) is 0 Å². The minimum absolute atomic E-state index is 0.0527. The van der Waals surface area contributed by atoms with Crippen LogP contribution in [0, 0.1) is 10.1 Å². The molecule has 0 aliphatic carbocycles. The highest BCUT2D eigenvalue weighted by molar-refractivity contribution is 7.89. The standard InChI is InChI=1S/C25H23N3O5S/c1-19-17-27(34(32,33)24-14-12-22(13-15-24)28(30)31)23(16-20-8-4-2-5-9-20)18-26(19)25(29)21-10-6-3-7-11-21/h2-15,17,23H,16,18H2,1H3/t23-/m0/s1. The van der Waals surface area contributed by atoms with Crippen LogP contribution in [0.25, 0.3) is 0 Å². The Morgan fingerprint density at radius 2 is 1.56 bits per heavy atom. The zero-order valence-corrected chi connectivity index (χ0v) is 19.3. The van der Waals surface area contributed by atoms with Gasteiger partial charge in [-0.25, -0.2) is 8.42 Å². The lowest BCUT2D eigenvalue weighted by atomic mass is 10.0. The Bertz CT molecular complexity index is 1320. The molecule has 34 heavy (non-hydrogen) atoms. The number of hydrogen-bond donors (Lipinski definition) is 0. The minimum Gasteiger partial charge on any atom is -0.309 e. The van der Waals surface area contributed by atoms with E-state index in [9.17, 15) is 23.3 Å². The van der Waals surface area contributed by atoms with Crippen molar-refractivity contribution in [2.24, 2.45) is 0 Å². The van der Waals surface area contributed by atoms with Crippen molar-refractivity contribution in [2.45, 2.75) is 24.3 Å². The van der Waals surface area contributed by atoms with Crippen LogP contribution in [0.15, 0.2) is 102 Å². The molecule has 8 nitrogen and oxygen atoms in total. The largest absolute Gasteiger partial charge is 0.309 e. The second kappa shape index (κ2) is 9.48. The second-order valence-electron chi connectivity index (χ2n) is 7.98. The van der Waals surface area contributed by atoms with Crippen LogP contribution in [-0.2, 0) is 16.4 Å². The van der Waals surface area contributed by atoms with Gasteiger partial charge in [0.2, 0.25) is 0 Å². The van der Waals surface area contributed by atoms with Crippen LogP contribution in [0.3, 0.4) is 0 Å². The van der Waals surface area contributed by atoms with Gasteiger partial charge in [-0.05, 0) is 43.2 Å². The van der Waals surface area contributed by atoms with Crippen molar-refractivity contribution in [2.75, 3.05) is 6.54 Å². The smallest absolute Gasteiger partial charge is 0.269 e. The van der Waals surface area contributed by atoms with Gasteiger partial charge in [0.15, 0.2) is 0 Å². The molecule has 0 fully saturated rings. The summed E-state index contributed by atoms with van der Waals surface area (Å²) >= 11 is 0. The predicted octanol–water partition coefficient (Wildman–Crippen LogP) is 4.21. The second-order valence-corrected chi connectivity index (χ2v) is 9.82. The van der Waals surface area contributed by atoms with Gasteiger partial charge in [-0.2, -0.15) is 0 Å². The molecule has 0 spiro atoms. The van der Waals surface area contributed by atoms with Crippen molar-refractivity contribution in [1.82, 2.24) is 9.21 Å². The monoisotopic (exact) mass is 477 g/mol. The average Bonchev–Trinajstić information content (AvgIpc) is 2.85. The van der Waals surface area contributed by atoms with E-state index in [1.807, 2.05) is 36.4 Å². The molecule has 174 valence electrons. The van der Waals surface area contributed by atoms with Gasteiger partial charge in [-0.15, -0.1) is 0 Å². The number of nitro benzene ring substituents is 1. The topological polar surface area (TPSA) is 101 Å². The van der Waals surface area contributed by atoms with E-state index in [2.05, 4.69) is 0 Å². The third-order valence-electron chi connectivity index (χ3n) is 5.70. The van der Waals surface area contributed by atoms with Crippen molar-refractivity contribution in [3.05, 3.63) is 118 Å². The number of carbonyl (C=O) groups is 1. The summed E-state index contributed by atoms with van der Waals surface area (Å²) in [5.41, 5.74) is 1.74. The van der Waals surface area contributed by atoms with Gasteiger partial charge < -0.3 is 4.90 Å². The van der Waals surface area contributed by atoms with Crippen LogP contribution in [-0.4, -0.2) is 41.0 Å². The summed E-state index contributed by atoms with van der Waals surface area (Å²) in [6.07, 6.45) is 1.85. The molecule has 0 saturated carbocycles. The van der Waals surface area contributed by atoms with Gasteiger partial charge in [-0.3, -0.25) is 19.2 Å². The van der Waals surface area contributed by atoms with Crippen LogP contribution < -0.4 is 0 Å². The molecule has 0 saturated heterocycles. The Morgan fingerprint density at radius 1 is 0.971 bits per heavy atom. The Hall–Kier alpha value is -3.98. The lowest BCUT2D eigenvalue weighted by Gasteiger charge is -2.40. The van der Waals surface area contributed by atoms with E-state index in [-0.39, 0.29) is 23.0 Å². The minimum atomic E-state index is -4.02. The molecular formula is C25H23N3O5S. The summed E-state index contributed by atoms with van der Waals surface area (Å²) in [4.78, 5) is 25.1. The molecule has 0 radical (unpaired) electrons. The summed E-state index contributed by atoms with van der Waals surface area (Å²) in [5, 5.41) is 11.0. The van der Waals surface area contributed by atoms with Crippen molar-refractivity contribution >= 4 is 21.6 Å². The maximum atomic E-state index is 13.6. The highest BCUT2D eigenvalue weighted by Gasteiger charge is 2.36. The highest BCUT2D eigenvalue weighted by Crippen LogP contribution is 2.29. The van der Waals surface area contributed by atoms with E-state index < -0.39 is 21.0 Å². The molecule has 1 aliphatic rings. The Balaban J connectivity index is 1.73. The molecule has 1 atom stereocenters. The number of carbonyl (C=O) groups excluding carboxylic acids is 1. The summed E-state index contributed by atoms with van der Waals surface area (Å²) in [7, 11) is -4.02. The van der Waals surface area contributed by atoms with Crippen molar-refractivity contribution < 1.29 is 18.1 Å². The number of rotatable bonds is 6. The summed E-state index contributed by atoms with van der Waals surface area (Å²) in [6, 6.07) is 22.5. The highest BCUT2D eigenvalue weighted by atomic mass is 32.2. The molecule has 3 aromatic carbocycles. The van der Waals surface area contributed by atoms with Crippen molar-refractivity contribution in [3.8, 4) is 0 Å². The first-order valence-corrected chi connectivity index (χ1v) is 12.1. The number of benzene rings is 3. The van der Waals surface area contributed by atoms with Crippen LogP contribution in [0.2, 0.25) is 0 Å². The van der Waals surface area contributed by atoms with E-state index >= 15 is 0 Å². The zero-order chi connectivity index (χ0) is 24.3. The first-order chi connectivity index (χ1) is 16.3. The first-order valence-electron chi connectivity index (χ1n) is 10.6. The molecule has 1 aliphatic heterocycles. The SMILES string of the molecule is CC1=CN(S(=O)(=O)c2ccc([N+](=O)[O-])cc2)[C@@H](Cc2ccccc2)CN1C(=O)c1ccccc1. The van der Waals surface area contributed by atoms with Gasteiger partial charge in [0.05, 0.1) is 15.9 Å². The van der Waals surface area contributed by atoms with Gasteiger partial charge in [0.1, 0.15) is 0 Å². The molecule has 1 amide bonds. The molecule has 4 rings (SSSR count). The summed E-state index contributed by atoms with van der Waals surface area (Å²) in [5.74, 6) is -0.209. The lowest BCUT2D eigenvalue weighted by Crippen LogP contribution is -2.50. The van der Waals surface area contributed by atoms with Crippen LogP contribution in [0.1, 0.15) is 22.8 Å². The number of non-ortho nitro benzene ring substituents is 1. The molecule has 0 unspecified atom stereocenters. The molecule has 0 bridgehead atoms. The third-order valence-corrected chi connectivity index (χ3v) is 7.52. The van der Waals surface area contributed by atoms with Crippen molar-refractivity contribution in [3.63, 3.8) is 0 Å². The van der Waals surface area contributed by atoms with E-state index in [1.54, 1.807) is 36.1 Å². The molecular weight excluding hydrogens is 454 g/mol. The maximum absolute atomic E-state index is 13.6. The lowest BCUT2D eigenvalue weighted by molar-refractivity contribution is -0.384. The normalized spacial score (nSPS) is 16.1. The Morgan fingerprint density at radius 3 is 2.15 bits per heavy atom. The fraction of sp³-hybridized carbons (Fsp3) is 0.160. The molecule has 0 aromatic heterocycles. The fourth-order valence-electron chi connectivity index (χ4n) is 3.94. The number of sulfonamides is 1. The van der Waals surface area contributed by atoms with Crippen LogP contribution in [0.4, 0.5) is 5.69 Å². The maximum Gasteiger partial charge on any atom is 0.269 e. The Kier molecular flexibility index (Phi) is 6.47. The number of allylic oxidation sites excluding steroid dienone is 1. The number of hydrogen-bond acceptors (Lipinski definition) is 5. The van der Waals surface area contributed by atoms with Crippen LogP contribution in [0.5, 0.6) is 0 Å². The van der Waals surface area contributed by atoms with Gasteiger partial charge in [-0.1, -0.05) is 48.5 Å². The summed E-state index contributed by atoms with van der Waals surface area (Å²) < 4.78 is 28.4. The molecule has 9 heteroatoms. The molecule has 0 N–H and O–H groups in total. The predicted molar refractivity (Wildman–Crippen MR) is 127 cm³/mol. The van der Waals surface area contributed by atoms with Gasteiger partial charge in [0, 0.05) is 36.1 Å².